The van der Waals surface area contributed by atoms with Gasteiger partial charge in [0.15, 0.2) is 5.69 Å². The molecule has 1 N–H and O–H groups in total. The molecule has 2 aromatic rings. The van der Waals surface area contributed by atoms with Gasteiger partial charge in [-0.15, -0.1) is 5.10 Å². The van der Waals surface area contributed by atoms with E-state index in [1.165, 1.54) is 15.6 Å². The Morgan fingerprint density at radius 2 is 1.88 bits per heavy atom. The molecule has 1 aromatic carbocycles. The Balaban J connectivity index is 1.67. The zero-order valence-corrected chi connectivity index (χ0v) is 24.6. The van der Waals surface area contributed by atoms with Crippen LogP contribution in [0, 0.1) is 17.7 Å². The van der Waals surface area contributed by atoms with Gasteiger partial charge in [-0.3, -0.25) is 9.59 Å². The average molecular weight is 589 g/mol. The molecule has 0 bridgehead atoms. The van der Waals surface area contributed by atoms with Crippen LogP contribution < -0.4 is 0 Å². The lowest BCUT2D eigenvalue weighted by Gasteiger charge is -2.43. The van der Waals surface area contributed by atoms with Gasteiger partial charge in [0.05, 0.1) is 30.9 Å². The van der Waals surface area contributed by atoms with E-state index in [0.29, 0.717) is 64.4 Å². The van der Waals surface area contributed by atoms with Gasteiger partial charge < -0.3 is 29.3 Å². The van der Waals surface area contributed by atoms with Crippen LogP contribution in [0.2, 0.25) is 0 Å². The number of rotatable bonds is 11. The first kappa shape index (κ1) is 31.4. The van der Waals surface area contributed by atoms with Crippen molar-refractivity contribution in [2.45, 2.75) is 45.6 Å². The van der Waals surface area contributed by atoms with E-state index in [0.717, 1.165) is 6.42 Å². The van der Waals surface area contributed by atoms with Crippen LogP contribution in [0.1, 0.15) is 49.3 Å². The summed E-state index contributed by atoms with van der Waals surface area (Å²) in [5.41, 5.74) is 0.758. The van der Waals surface area contributed by atoms with Crippen LogP contribution in [0.3, 0.4) is 0 Å². The van der Waals surface area contributed by atoms with E-state index < -0.39 is 29.8 Å². The molecule has 4 rings (SSSR count). The second kappa shape index (κ2) is 14.5. The number of para-hydroxylation sites is 1. The number of likely N-dealkylation sites (tertiary alicyclic amines) is 1. The number of ether oxygens (including phenoxy) is 2. The number of halogens is 1. The number of benzene rings is 1. The number of methoxy groups -OCH3 is 1. The number of piperidine rings is 1. The number of aromatic nitrogens is 3. The molecule has 2 aliphatic heterocycles. The maximum absolute atomic E-state index is 14.8. The fourth-order valence-corrected chi connectivity index (χ4v) is 5.65. The number of carboxylic acid groups (broad SMARTS) is 1. The Morgan fingerprint density at radius 1 is 1.14 bits per heavy atom. The third-order valence-electron chi connectivity index (χ3n) is 7.69. The minimum absolute atomic E-state index is 0.0503. The largest absolute Gasteiger partial charge is 0.465 e. The summed E-state index contributed by atoms with van der Waals surface area (Å²) in [5.74, 6) is -1.58. The molecule has 13 heteroatoms. The number of carbonyl (C=O) groups is 3. The van der Waals surface area contributed by atoms with Crippen molar-refractivity contribution in [3.8, 4) is 5.69 Å². The molecule has 0 saturated carbocycles. The van der Waals surface area contributed by atoms with Gasteiger partial charge in [0.25, 0.3) is 5.91 Å². The third-order valence-corrected chi connectivity index (χ3v) is 7.69. The zero-order chi connectivity index (χ0) is 30.2. The standard InChI is InChI=1S/C29H41FN6O6/c1-20(2)17-35(22-16-21(18-34(19-22)29(39)40)27(37)33-11-14-42-15-12-33)28(38)26-25(10-6-7-13-41-3)36(32-31-26)24-9-5-4-8-23(24)30/h4-5,8-9,20-22H,6-7,10-19H2,1-3H3,(H,39,40)/t21-,22+/m1/s1. The highest BCUT2D eigenvalue weighted by atomic mass is 19.1. The Labute approximate surface area is 245 Å². The van der Waals surface area contributed by atoms with E-state index in [4.69, 9.17) is 9.47 Å². The van der Waals surface area contributed by atoms with Crippen molar-refractivity contribution < 1.29 is 33.4 Å². The molecule has 2 saturated heterocycles. The summed E-state index contributed by atoms with van der Waals surface area (Å²) < 4.78 is 26.7. The summed E-state index contributed by atoms with van der Waals surface area (Å²) in [6.07, 6.45) is 0.978. The van der Waals surface area contributed by atoms with Crippen molar-refractivity contribution in [3.63, 3.8) is 0 Å². The number of hydrogen-bond donors (Lipinski definition) is 1. The monoisotopic (exact) mass is 588 g/mol. The van der Waals surface area contributed by atoms with E-state index in [9.17, 15) is 23.9 Å². The Morgan fingerprint density at radius 3 is 2.55 bits per heavy atom. The molecule has 3 amide bonds. The molecule has 230 valence electrons. The highest BCUT2D eigenvalue weighted by Crippen LogP contribution is 2.27. The van der Waals surface area contributed by atoms with E-state index >= 15 is 0 Å². The second-order valence-corrected chi connectivity index (χ2v) is 11.3. The van der Waals surface area contributed by atoms with E-state index in [-0.39, 0.29) is 36.3 Å². The number of carbonyl (C=O) groups excluding carboxylic acids is 2. The molecule has 3 heterocycles. The van der Waals surface area contributed by atoms with Gasteiger partial charge in [0.1, 0.15) is 11.5 Å². The quantitative estimate of drug-likeness (QED) is 0.397. The Hall–Kier alpha value is -3.58. The number of amides is 3. The lowest BCUT2D eigenvalue weighted by molar-refractivity contribution is -0.142. The van der Waals surface area contributed by atoms with Gasteiger partial charge >= 0.3 is 6.09 Å². The minimum atomic E-state index is -1.14. The van der Waals surface area contributed by atoms with Gasteiger partial charge in [0, 0.05) is 46.4 Å². The SMILES string of the molecule is COCCCCc1c(C(=O)N(CC(C)C)[C@H]2C[C@@H](C(=O)N3CCOCC3)CN(C(=O)O)C2)nnn1-c1ccccc1F. The molecule has 2 fully saturated rings. The minimum Gasteiger partial charge on any atom is -0.465 e. The van der Waals surface area contributed by atoms with Gasteiger partial charge in [-0.1, -0.05) is 31.2 Å². The first-order valence-corrected chi connectivity index (χ1v) is 14.5. The van der Waals surface area contributed by atoms with Crippen LogP contribution >= 0.6 is 0 Å². The van der Waals surface area contributed by atoms with E-state index in [2.05, 4.69) is 10.3 Å². The molecule has 0 spiro atoms. The van der Waals surface area contributed by atoms with Crippen molar-refractivity contribution in [1.82, 2.24) is 29.7 Å². The van der Waals surface area contributed by atoms with Crippen LogP contribution in [-0.4, -0.2) is 118 Å². The van der Waals surface area contributed by atoms with Crippen LogP contribution in [0.5, 0.6) is 0 Å². The molecule has 1 aromatic heterocycles. The molecule has 2 aliphatic rings. The van der Waals surface area contributed by atoms with Crippen molar-refractivity contribution >= 4 is 17.9 Å². The van der Waals surface area contributed by atoms with Crippen molar-refractivity contribution in [2.75, 3.05) is 59.7 Å². The predicted octanol–water partition coefficient (Wildman–Crippen LogP) is 2.70. The summed E-state index contributed by atoms with van der Waals surface area (Å²) in [6.45, 7) is 6.72. The lowest BCUT2D eigenvalue weighted by Crippen LogP contribution is -2.58. The normalized spacial score (nSPS) is 19.3. The molecule has 0 aliphatic carbocycles. The second-order valence-electron chi connectivity index (χ2n) is 11.3. The fourth-order valence-electron chi connectivity index (χ4n) is 5.65. The number of hydrogen-bond acceptors (Lipinski definition) is 7. The van der Waals surface area contributed by atoms with Gasteiger partial charge in [0.2, 0.25) is 5.91 Å². The molecule has 12 nitrogen and oxygen atoms in total. The number of unbranched alkanes of at least 4 members (excludes halogenated alkanes) is 1. The summed E-state index contributed by atoms with van der Waals surface area (Å²) in [5, 5.41) is 18.4. The summed E-state index contributed by atoms with van der Waals surface area (Å²) in [7, 11) is 1.62. The summed E-state index contributed by atoms with van der Waals surface area (Å²) in [6, 6.07) is 5.62. The van der Waals surface area contributed by atoms with E-state index in [1.807, 2.05) is 13.8 Å². The van der Waals surface area contributed by atoms with Gasteiger partial charge in [-0.05, 0) is 43.7 Å². The first-order valence-electron chi connectivity index (χ1n) is 14.5. The lowest BCUT2D eigenvalue weighted by atomic mass is 9.91. The summed E-state index contributed by atoms with van der Waals surface area (Å²) >= 11 is 0. The molecule has 0 unspecified atom stereocenters. The van der Waals surface area contributed by atoms with Crippen molar-refractivity contribution in [1.29, 1.82) is 0 Å². The molecular weight excluding hydrogens is 547 g/mol. The highest BCUT2D eigenvalue weighted by molar-refractivity contribution is 5.94. The first-order chi connectivity index (χ1) is 20.2. The number of nitrogens with zero attached hydrogens (tertiary/aromatic N) is 6. The van der Waals surface area contributed by atoms with Crippen LogP contribution in [0.15, 0.2) is 24.3 Å². The maximum atomic E-state index is 14.8. The van der Waals surface area contributed by atoms with E-state index in [1.54, 1.807) is 35.1 Å². The summed E-state index contributed by atoms with van der Waals surface area (Å²) in [4.78, 5) is 44.5. The molecule has 42 heavy (non-hydrogen) atoms. The van der Waals surface area contributed by atoms with Crippen molar-refractivity contribution in [3.05, 3.63) is 41.5 Å². The maximum Gasteiger partial charge on any atom is 0.407 e. The molecule has 2 atom stereocenters. The third kappa shape index (κ3) is 7.43. The average Bonchev–Trinajstić information content (AvgIpc) is 3.41. The molecular formula is C29H41FN6O6. The van der Waals surface area contributed by atoms with Crippen molar-refractivity contribution in [2.24, 2.45) is 11.8 Å². The Bertz CT molecular complexity index is 1230. The predicted molar refractivity (Wildman–Crippen MR) is 151 cm³/mol. The fraction of sp³-hybridized carbons (Fsp3) is 0.621. The molecule has 0 radical (unpaired) electrons. The van der Waals surface area contributed by atoms with Crippen LogP contribution in [0.4, 0.5) is 9.18 Å². The number of morpholine rings is 1. The zero-order valence-electron chi connectivity index (χ0n) is 24.6. The smallest absolute Gasteiger partial charge is 0.407 e. The topological polar surface area (TPSA) is 130 Å². The van der Waals surface area contributed by atoms with Crippen LogP contribution in [0.25, 0.3) is 5.69 Å². The highest BCUT2D eigenvalue weighted by Gasteiger charge is 2.41. The van der Waals surface area contributed by atoms with Gasteiger partial charge in [-0.2, -0.15) is 0 Å². The van der Waals surface area contributed by atoms with Crippen LogP contribution in [-0.2, 0) is 20.7 Å². The Kier molecular flexibility index (Phi) is 10.9. The van der Waals surface area contributed by atoms with Gasteiger partial charge in [-0.25, -0.2) is 13.9 Å².